The van der Waals surface area contributed by atoms with E-state index in [1.165, 1.54) is 10.9 Å². The molecule has 3 nitrogen and oxygen atoms in total. The van der Waals surface area contributed by atoms with Crippen LogP contribution in [0, 0.1) is 6.92 Å². The van der Waals surface area contributed by atoms with Crippen LogP contribution < -0.4 is 5.56 Å². The van der Waals surface area contributed by atoms with Crippen LogP contribution in [0.2, 0.25) is 0 Å². The van der Waals surface area contributed by atoms with Crippen molar-refractivity contribution in [2.75, 3.05) is 5.88 Å². The van der Waals surface area contributed by atoms with Crippen LogP contribution >= 0.6 is 27.5 Å². The van der Waals surface area contributed by atoms with E-state index < -0.39 is 0 Å². The second-order valence-corrected chi connectivity index (χ2v) is 4.02. The Kier molecular flexibility index (Phi) is 3.89. The van der Waals surface area contributed by atoms with Crippen molar-refractivity contribution in [3.8, 4) is 0 Å². The van der Waals surface area contributed by atoms with Crippen LogP contribution in [0.3, 0.4) is 0 Å². The largest absolute Gasteiger partial charge is 0.294 e. The summed E-state index contributed by atoms with van der Waals surface area (Å²) in [5.41, 5.74) is 1.36. The standard InChI is InChI=1S/C9H10BrClN2O/c1-6(3-11)4-13-5-12-7(2)8(10)9(13)14/h5H,1,3-4H2,2H3. The highest BCUT2D eigenvalue weighted by atomic mass is 79.9. The SMILES string of the molecule is C=C(CCl)Cn1cnc(C)c(Br)c1=O. The number of rotatable bonds is 3. The summed E-state index contributed by atoms with van der Waals surface area (Å²) in [6.07, 6.45) is 1.50. The van der Waals surface area contributed by atoms with E-state index in [1.807, 2.05) is 0 Å². The Balaban J connectivity index is 3.06. The second-order valence-electron chi connectivity index (χ2n) is 2.96. The quantitative estimate of drug-likeness (QED) is 0.626. The number of halogens is 2. The highest BCUT2D eigenvalue weighted by molar-refractivity contribution is 9.10. The van der Waals surface area contributed by atoms with Crippen LogP contribution in [0.4, 0.5) is 0 Å². The van der Waals surface area contributed by atoms with Gasteiger partial charge in [-0.15, -0.1) is 11.6 Å². The molecule has 76 valence electrons. The molecule has 0 atom stereocenters. The number of aryl methyl sites for hydroxylation is 1. The Labute approximate surface area is 95.5 Å². The van der Waals surface area contributed by atoms with Crippen molar-refractivity contribution in [3.05, 3.63) is 39.0 Å². The molecule has 0 fully saturated rings. The van der Waals surface area contributed by atoms with Crippen LogP contribution in [0.1, 0.15) is 5.69 Å². The molecule has 0 N–H and O–H groups in total. The van der Waals surface area contributed by atoms with E-state index >= 15 is 0 Å². The number of allylic oxidation sites excluding steroid dienone is 1. The maximum atomic E-state index is 11.6. The third-order valence-electron chi connectivity index (χ3n) is 1.74. The van der Waals surface area contributed by atoms with Crippen molar-refractivity contribution in [1.29, 1.82) is 0 Å². The molecule has 0 saturated heterocycles. The average molecular weight is 278 g/mol. The van der Waals surface area contributed by atoms with Crippen molar-refractivity contribution in [1.82, 2.24) is 9.55 Å². The lowest BCUT2D eigenvalue weighted by Gasteiger charge is -2.06. The molecule has 0 aliphatic rings. The van der Waals surface area contributed by atoms with Gasteiger partial charge in [-0.2, -0.15) is 0 Å². The second kappa shape index (κ2) is 4.75. The molecule has 0 spiro atoms. The van der Waals surface area contributed by atoms with E-state index in [9.17, 15) is 4.79 Å². The molecule has 0 aliphatic carbocycles. The van der Waals surface area contributed by atoms with E-state index in [1.54, 1.807) is 6.92 Å². The van der Waals surface area contributed by atoms with Crippen molar-refractivity contribution >= 4 is 27.5 Å². The predicted octanol–water partition coefficient (Wildman–Crippen LogP) is 2.11. The zero-order valence-corrected chi connectivity index (χ0v) is 10.1. The summed E-state index contributed by atoms with van der Waals surface area (Å²) >= 11 is 8.76. The summed E-state index contributed by atoms with van der Waals surface area (Å²) in [5, 5.41) is 0. The smallest absolute Gasteiger partial charge is 0.268 e. The van der Waals surface area contributed by atoms with Crippen molar-refractivity contribution in [3.63, 3.8) is 0 Å². The molecular formula is C9H10BrClN2O. The first-order valence-corrected chi connectivity index (χ1v) is 5.33. The van der Waals surface area contributed by atoms with E-state index in [0.717, 1.165) is 5.57 Å². The van der Waals surface area contributed by atoms with Crippen LogP contribution in [-0.4, -0.2) is 15.4 Å². The normalized spacial score (nSPS) is 10.2. The highest BCUT2D eigenvalue weighted by Gasteiger charge is 2.05. The van der Waals surface area contributed by atoms with Crippen LogP contribution in [-0.2, 0) is 6.54 Å². The molecule has 14 heavy (non-hydrogen) atoms. The Morgan fingerprint density at radius 3 is 3.00 bits per heavy atom. The zero-order valence-electron chi connectivity index (χ0n) is 7.76. The maximum Gasteiger partial charge on any atom is 0.268 e. The number of aromatic nitrogens is 2. The van der Waals surface area contributed by atoms with Crippen molar-refractivity contribution in [2.24, 2.45) is 0 Å². The fourth-order valence-electron chi connectivity index (χ4n) is 0.942. The third kappa shape index (κ3) is 2.45. The van der Waals surface area contributed by atoms with E-state index in [2.05, 4.69) is 27.5 Å². The van der Waals surface area contributed by atoms with Gasteiger partial charge in [0, 0.05) is 12.4 Å². The van der Waals surface area contributed by atoms with E-state index in [4.69, 9.17) is 11.6 Å². The summed E-state index contributed by atoms with van der Waals surface area (Å²) in [5.74, 6) is 0.345. The molecule has 0 saturated carbocycles. The lowest BCUT2D eigenvalue weighted by molar-refractivity contribution is 0.717. The first-order chi connectivity index (χ1) is 6.56. The molecule has 0 radical (unpaired) electrons. The molecule has 0 unspecified atom stereocenters. The predicted molar refractivity (Wildman–Crippen MR) is 60.8 cm³/mol. The number of hydrogen-bond acceptors (Lipinski definition) is 2. The lowest BCUT2D eigenvalue weighted by atomic mass is 10.3. The maximum absolute atomic E-state index is 11.6. The molecule has 1 aromatic rings. The lowest BCUT2D eigenvalue weighted by Crippen LogP contribution is -2.23. The fraction of sp³-hybridized carbons (Fsp3) is 0.333. The van der Waals surface area contributed by atoms with Gasteiger partial charge in [-0.25, -0.2) is 4.98 Å². The van der Waals surface area contributed by atoms with Crippen LogP contribution in [0.15, 0.2) is 27.7 Å². The summed E-state index contributed by atoms with van der Waals surface area (Å²) in [6.45, 7) is 5.91. The molecule has 0 amide bonds. The van der Waals surface area contributed by atoms with Gasteiger partial charge in [0.05, 0.1) is 12.0 Å². The van der Waals surface area contributed by atoms with Crippen molar-refractivity contribution < 1.29 is 0 Å². The van der Waals surface area contributed by atoms with Gasteiger partial charge < -0.3 is 0 Å². The van der Waals surface area contributed by atoms with Crippen molar-refractivity contribution in [2.45, 2.75) is 13.5 Å². The summed E-state index contributed by atoms with van der Waals surface area (Å²) in [6, 6.07) is 0. The molecule has 5 heteroatoms. The zero-order chi connectivity index (χ0) is 10.7. The molecule has 1 rings (SSSR count). The minimum atomic E-state index is -0.108. The Bertz CT molecular complexity index is 414. The molecule has 0 aliphatic heterocycles. The molecule has 1 aromatic heterocycles. The topological polar surface area (TPSA) is 34.9 Å². The van der Waals surface area contributed by atoms with Gasteiger partial charge in [-0.1, -0.05) is 6.58 Å². The Morgan fingerprint density at radius 1 is 1.79 bits per heavy atom. The minimum absolute atomic E-state index is 0.108. The monoisotopic (exact) mass is 276 g/mol. The molecule has 0 aromatic carbocycles. The molecule has 0 bridgehead atoms. The Morgan fingerprint density at radius 2 is 2.43 bits per heavy atom. The van der Waals surface area contributed by atoms with Gasteiger partial charge in [0.25, 0.3) is 5.56 Å². The average Bonchev–Trinajstić information content (AvgIpc) is 2.19. The number of hydrogen-bond donors (Lipinski definition) is 0. The van der Waals surface area contributed by atoms with E-state index in [-0.39, 0.29) is 5.56 Å². The molecular weight excluding hydrogens is 267 g/mol. The molecule has 1 heterocycles. The minimum Gasteiger partial charge on any atom is -0.294 e. The fourth-order valence-corrected chi connectivity index (χ4v) is 1.36. The van der Waals surface area contributed by atoms with E-state index in [0.29, 0.717) is 22.6 Å². The summed E-state index contributed by atoms with van der Waals surface area (Å²) in [7, 11) is 0. The number of alkyl halides is 1. The third-order valence-corrected chi connectivity index (χ3v) is 3.03. The van der Waals surface area contributed by atoms with Gasteiger partial charge in [-0.3, -0.25) is 9.36 Å². The van der Waals surface area contributed by atoms with Gasteiger partial charge in [0.2, 0.25) is 0 Å². The highest BCUT2D eigenvalue weighted by Crippen LogP contribution is 2.07. The first-order valence-electron chi connectivity index (χ1n) is 4.00. The van der Waals surface area contributed by atoms with Gasteiger partial charge in [-0.05, 0) is 28.4 Å². The summed E-state index contributed by atoms with van der Waals surface area (Å²) in [4.78, 5) is 15.7. The van der Waals surface area contributed by atoms with Gasteiger partial charge >= 0.3 is 0 Å². The van der Waals surface area contributed by atoms with Gasteiger partial charge in [0.1, 0.15) is 4.47 Å². The first kappa shape index (κ1) is 11.5. The number of nitrogens with zero attached hydrogens (tertiary/aromatic N) is 2. The van der Waals surface area contributed by atoms with Gasteiger partial charge in [0.15, 0.2) is 0 Å². The van der Waals surface area contributed by atoms with Crippen LogP contribution in [0.5, 0.6) is 0 Å². The summed E-state index contributed by atoms with van der Waals surface area (Å²) < 4.78 is 1.96. The van der Waals surface area contributed by atoms with Crippen LogP contribution in [0.25, 0.3) is 0 Å². The Hall–Kier alpha value is -0.610.